The van der Waals surface area contributed by atoms with E-state index in [0.717, 1.165) is 0 Å². The summed E-state index contributed by atoms with van der Waals surface area (Å²) < 4.78 is 5.38. The van der Waals surface area contributed by atoms with Crippen molar-refractivity contribution in [3.05, 3.63) is 5.89 Å². The average Bonchev–Trinajstić information content (AvgIpc) is 2.63. The molecule has 0 aliphatic rings. The quantitative estimate of drug-likeness (QED) is 0.754. The van der Waals surface area contributed by atoms with E-state index in [2.05, 4.69) is 15.5 Å². The monoisotopic (exact) mass is 244 g/mol. The van der Waals surface area contributed by atoms with Crippen LogP contribution >= 0.6 is 11.8 Å². The van der Waals surface area contributed by atoms with Gasteiger partial charge in [0, 0.05) is 7.05 Å². The highest BCUT2D eigenvalue weighted by molar-refractivity contribution is 8.00. The fraction of sp³-hybridized carbons (Fsp3) is 0.667. The lowest BCUT2D eigenvalue weighted by Crippen LogP contribution is -2.27. The summed E-state index contributed by atoms with van der Waals surface area (Å²) in [6.45, 7) is 2.39. The normalized spacial score (nSPS) is 12.8. The van der Waals surface area contributed by atoms with Gasteiger partial charge < -0.3 is 14.6 Å². The van der Waals surface area contributed by atoms with Crippen LogP contribution in [0.2, 0.25) is 0 Å². The summed E-state index contributed by atoms with van der Waals surface area (Å²) in [5, 5.41) is 10.5. The largest absolute Gasteiger partial charge is 0.415 e. The lowest BCUT2D eigenvalue weighted by atomic mass is 10.4. The third-order valence-electron chi connectivity index (χ3n) is 1.79. The number of carbonyl (C=O) groups is 1. The van der Waals surface area contributed by atoms with Crippen LogP contribution in [-0.4, -0.2) is 47.4 Å². The van der Waals surface area contributed by atoms with Gasteiger partial charge in [0.15, 0.2) is 0 Å². The fourth-order valence-electron chi connectivity index (χ4n) is 1.03. The van der Waals surface area contributed by atoms with Crippen LogP contribution in [0, 0.1) is 0 Å². The van der Waals surface area contributed by atoms with Gasteiger partial charge in [-0.3, -0.25) is 4.79 Å². The first-order valence-corrected chi connectivity index (χ1v) is 5.76. The van der Waals surface area contributed by atoms with Crippen LogP contribution in [0.3, 0.4) is 0 Å². The van der Waals surface area contributed by atoms with E-state index < -0.39 is 0 Å². The zero-order valence-electron chi connectivity index (χ0n) is 9.85. The van der Waals surface area contributed by atoms with E-state index in [1.54, 1.807) is 14.0 Å². The summed E-state index contributed by atoms with van der Waals surface area (Å²) in [5.41, 5.74) is 0. The molecule has 1 atom stereocenters. The van der Waals surface area contributed by atoms with Gasteiger partial charge in [-0.2, -0.15) is 0 Å². The SMILES string of the molecule is CNC(=O)[C@@H](C)Sc1nnc(CN(C)C)o1. The van der Waals surface area contributed by atoms with Gasteiger partial charge in [-0.1, -0.05) is 11.8 Å². The van der Waals surface area contributed by atoms with Crippen molar-refractivity contribution in [1.29, 1.82) is 0 Å². The molecule has 0 aliphatic carbocycles. The molecule has 90 valence electrons. The number of nitrogens with zero attached hydrogens (tertiary/aromatic N) is 3. The maximum absolute atomic E-state index is 11.3. The van der Waals surface area contributed by atoms with Crippen molar-refractivity contribution in [3.8, 4) is 0 Å². The van der Waals surface area contributed by atoms with Crippen LogP contribution in [0.4, 0.5) is 0 Å². The number of hydrogen-bond acceptors (Lipinski definition) is 6. The molecule has 1 amide bonds. The number of rotatable bonds is 5. The zero-order valence-corrected chi connectivity index (χ0v) is 10.7. The van der Waals surface area contributed by atoms with Gasteiger partial charge >= 0.3 is 0 Å². The molecule has 0 aliphatic heterocycles. The summed E-state index contributed by atoms with van der Waals surface area (Å²) in [6.07, 6.45) is 0. The average molecular weight is 244 g/mol. The van der Waals surface area contributed by atoms with Gasteiger partial charge in [-0.05, 0) is 21.0 Å². The highest BCUT2D eigenvalue weighted by atomic mass is 32.2. The molecule has 1 heterocycles. The zero-order chi connectivity index (χ0) is 12.1. The first-order chi connectivity index (χ1) is 7.52. The number of nitrogens with one attached hydrogen (secondary N) is 1. The summed E-state index contributed by atoms with van der Waals surface area (Å²) in [6, 6.07) is 0. The fourth-order valence-corrected chi connectivity index (χ4v) is 1.79. The Morgan fingerprint density at radius 1 is 1.56 bits per heavy atom. The maximum atomic E-state index is 11.3. The molecule has 16 heavy (non-hydrogen) atoms. The second-order valence-electron chi connectivity index (χ2n) is 3.57. The van der Waals surface area contributed by atoms with E-state index >= 15 is 0 Å². The predicted octanol–water partition coefficient (Wildman–Crippen LogP) is 0.358. The molecule has 6 nitrogen and oxygen atoms in total. The molecule has 0 fully saturated rings. The van der Waals surface area contributed by atoms with Crippen molar-refractivity contribution in [2.75, 3.05) is 21.1 Å². The van der Waals surface area contributed by atoms with Crippen molar-refractivity contribution < 1.29 is 9.21 Å². The third-order valence-corrected chi connectivity index (χ3v) is 2.73. The molecule has 1 aromatic rings. The number of amides is 1. The molecular formula is C9H16N4O2S. The van der Waals surface area contributed by atoms with Crippen molar-refractivity contribution in [3.63, 3.8) is 0 Å². The van der Waals surface area contributed by atoms with E-state index in [-0.39, 0.29) is 11.2 Å². The summed E-state index contributed by atoms with van der Waals surface area (Å²) in [4.78, 5) is 13.2. The molecule has 0 saturated heterocycles. The number of thioether (sulfide) groups is 1. The van der Waals surface area contributed by atoms with Gasteiger partial charge in [-0.25, -0.2) is 0 Å². The molecule has 1 rings (SSSR count). The number of aromatic nitrogens is 2. The van der Waals surface area contributed by atoms with Gasteiger partial charge in [0.2, 0.25) is 11.8 Å². The summed E-state index contributed by atoms with van der Waals surface area (Å²) in [5.74, 6) is 0.494. The van der Waals surface area contributed by atoms with E-state index in [1.807, 2.05) is 19.0 Å². The number of carbonyl (C=O) groups excluding carboxylic acids is 1. The van der Waals surface area contributed by atoms with Crippen LogP contribution in [0.5, 0.6) is 0 Å². The van der Waals surface area contributed by atoms with Crippen LogP contribution in [0.1, 0.15) is 12.8 Å². The molecular weight excluding hydrogens is 228 g/mol. The topological polar surface area (TPSA) is 71.3 Å². The molecule has 1 N–H and O–H groups in total. The Hall–Kier alpha value is -1.08. The Bertz CT molecular complexity index is 353. The Morgan fingerprint density at radius 3 is 2.81 bits per heavy atom. The molecule has 0 aromatic carbocycles. The van der Waals surface area contributed by atoms with Gasteiger partial charge in [0.1, 0.15) is 0 Å². The lowest BCUT2D eigenvalue weighted by Gasteiger charge is -2.05. The first-order valence-electron chi connectivity index (χ1n) is 4.88. The summed E-state index contributed by atoms with van der Waals surface area (Å²) in [7, 11) is 5.44. The van der Waals surface area contributed by atoms with Crippen molar-refractivity contribution >= 4 is 17.7 Å². The van der Waals surface area contributed by atoms with Crippen molar-refractivity contribution in [2.45, 2.75) is 23.9 Å². The second-order valence-corrected chi connectivity index (χ2v) is 4.87. The van der Waals surface area contributed by atoms with Crippen LogP contribution in [-0.2, 0) is 11.3 Å². The highest BCUT2D eigenvalue weighted by Gasteiger charge is 2.16. The second kappa shape index (κ2) is 5.86. The summed E-state index contributed by atoms with van der Waals surface area (Å²) >= 11 is 1.25. The molecule has 1 aromatic heterocycles. The Morgan fingerprint density at radius 2 is 2.25 bits per heavy atom. The van der Waals surface area contributed by atoms with E-state index in [0.29, 0.717) is 17.7 Å². The first kappa shape index (κ1) is 13.0. The van der Waals surface area contributed by atoms with E-state index in [4.69, 9.17) is 4.42 Å². The Balaban J connectivity index is 2.55. The Labute approximate surface area is 98.8 Å². The predicted molar refractivity (Wildman–Crippen MR) is 61.1 cm³/mol. The van der Waals surface area contributed by atoms with Gasteiger partial charge in [0.25, 0.3) is 5.22 Å². The van der Waals surface area contributed by atoms with Crippen molar-refractivity contribution in [1.82, 2.24) is 20.4 Å². The van der Waals surface area contributed by atoms with Gasteiger partial charge in [0.05, 0.1) is 11.8 Å². The molecule has 0 saturated carbocycles. The molecule has 0 radical (unpaired) electrons. The minimum absolute atomic E-state index is 0.0580. The van der Waals surface area contributed by atoms with Crippen molar-refractivity contribution in [2.24, 2.45) is 0 Å². The maximum Gasteiger partial charge on any atom is 0.277 e. The van der Waals surface area contributed by atoms with E-state index in [9.17, 15) is 4.79 Å². The molecule has 0 bridgehead atoms. The van der Waals surface area contributed by atoms with Gasteiger partial charge in [-0.15, -0.1) is 10.2 Å². The Kier molecular flexibility index (Phi) is 4.75. The standard InChI is InChI=1S/C9H16N4O2S/c1-6(8(14)10-2)16-9-12-11-7(15-9)5-13(3)4/h6H,5H2,1-4H3,(H,10,14)/t6-/m1/s1. The highest BCUT2D eigenvalue weighted by Crippen LogP contribution is 2.21. The smallest absolute Gasteiger partial charge is 0.277 e. The van der Waals surface area contributed by atoms with E-state index in [1.165, 1.54) is 11.8 Å². The minimum atomic E-state index is -0.238. The minimum Gasteiger partial charge on any atom is -0.415 e. The van der Waals surface area contributed by atoms with Crippen LogP contribution in [0.15, 0.2) is 9.64 Å². The number of hydrogen-bond donors (Lipinski definition) is 1. The molecule has 0 unspecified atom stereocenters. The van der Waals surface area contributed by atoms with Crippen LogP contribution in [0.25, 0.3) is 0 Å². The lowest BCUT2D eigenvalue weighted by molar-refractivity contribution is -0.119. The molecule has 0 spiro atoms. The van der Waals surface area contributed by atoms with Crippen LogP contribution < -0.4 is 5.32 Å². The molecule has 7 heteroatoms. The third kappa shape index (κ3) is 3.82.